The fourth-order valence-corrected chi connectivity index (χ4v) is 1.04. The van der Waals surface area contributed by atoms with Crippen LogP contribution in [0.15, 0.2) is 27.4 Å². The van der Waals surface area contributed by atoms with E-state index < -0.39 is 0 Å². The molecule has 2 heterocycles. The minimum absolute atomic E-state index is 0.180. The van der Waals surface area contributed by atoms with Crippen LogP contribution >= 0.6 is 12.2 Å². The van der Waals surface area contributed by atoms with Gasteiger partial charge >= 0.3 is 0 Å². The van der Waals surface area contributed by atoms with E-state index in [1.807, 2.05) is 0 Å². The van der Waals surface area contributed by atoms with Crippen LogP contribution in [-0.2, 0) is 0 Å². The van der Waals surface area contributed by atoms with Crippen LogP contribution < -0.4 is 5.56 Å². The third-order valence-electron chi connectivity index (χ3n) is 1.44. The van der Waals surface area contributed by atoms with Crippen molar-refractivity contribution in [3.63, 3.8) is 0 Å². The highest BCUT2D eigenvalue weighted by Gasteiger charge is 2.02. The zero-order valence-corrected chi connectivity index (χ0v) is 7.22. The van der Waals surface area contributed by atoms with E-state index in [9.17, 15) is 4.79 Å². The lowest BCUT2D eigenvalue weighted by molar-refractivity contribution is 0.549. The van der Waals surface area contributed by atoms with Gasteiger partial charge in [0.05, 0.1) is 0 Å². The molecule has 2 aromatic rings. The minimum Gasteiger partial charge on any atom is -0.408 e. The SMILES string of the molecule is O=c1cccc(-c2n[nH]c(=S)o2)[nH]1. The summed E-state index contributed by atoms with van der Waals surface area (Å²) < 4.78 is 5.00. The van der Waals surface area contributed by atoms with Gasteiger partial charge in [-0.3, -0.25) is 4.79 Å². The highest BCUT2D eigenvalue weighted by Crippen LogP contribution is 2.10. The van der Waals surface area contributed by atoms with Crippen molar-refractivity contribution in [1.29, 1.82) is 0 Å². The predicted octanol–water partition coefficient (Wildman–Crippen LogP) is 1.09. The van der Waals surface area contributed by atoms with Crippen molar-refractivity contribution in [2.75, 3.05) is 0 Å². The summed E-state index contributed by atoms with van der Waals surface area (Å²) in [5, 5.41) is 6.22. The largest absolute Gasteiger partial charge is 0.408 e. The molecule has 0 aliphatic rings. The Morgan fingerprint density at radius 2 is 2.31 bits per heavy atom. The Morgan fingerprint density at radius 1 is 1.46 bits per heavy atom. The predicted molar refractivity (Wildman–Crippen MR) is 47.7 cm³/mol. The minimum atomic E-state index is -0.207. The molecule has 5 nitrogen and oxygen atoms in total. The number of nitrogens with one attached hydrogen (secondary N) is 2. The molecule has 2 aromatic heterocycles. The Hall–Kier alpha value is -1.69. The van der Waals surface area contributed by atoms with Crippen molar-refractivity contribution in [1.82, 2.24) is 15.2 Å². The molecule has 0 unspecified atom stereocenters. The summed E-state index contributed by atoms with van der Waals surface area (Å²) >= 11 is 4.69. The lowest BCUT2D eigenvalue weighted by Gasteiger charge is -1.90. The standard InChI is InChI=1S/C7H5N3O2S/c11-5-3-1-2-4(8-5)6-9-10-7(13)12-6/h1-3H,(H,8,11)(H,10,13). The van der Waals surface area contributed by atoms with Crippen molar-refractivity contribution >= 4 is 12.2 Å². The smallest absolute Gasteiger partial charge is 0.284 e. The monoisotopic (exact) mass is 195 g/mol. The first-order valence-electron chi connectivity index (χ1n) is 3.51. The number of aromatic amines is 2. The van der Waals surface area contributed by atoms with E-state index in [-0.39, 0.29) is 16.3 Å². The molecule has 0 fully saturated rings. The van der Waals surface area contributed by atoms with Crippen LogP contribution in [0, 0.1) is 4.84 Å². The molecule has 0 aliphatic heterocycles. The molecule has 0 amide bonds. The van der Waals surface area contributed by atoms with Gasteiger partial charge in [0.25, 0.3) is 10.7 Å². The molecule has 0 atom stereocenters. The Balaban J connectivity index is 2.58. The van der Waals surface area contributed by atoms with Gasteiger partial charge in [-0.2, -0.15) is 0 Å². The zero-order valence-electron chi connectivity index (χ0n) is 6.40. The Kier molecular flexibility index (Phi) is 1.82. The molecule has 66 valence electrons. The average Bonchev–Trinajstić information content (AvgIpc) is 2.52. The van der Waals surface area contributed by atoms with Crippen molar-refractivity contribution < 1.29 is 4.42 Å². The number of pyridine rings is 1. The number of aromatic nitrogens is 3. The van der Waals surface area contributed by atoms with Gasteiger partial charge in [0.2, 0.25) is 5.56 Å². The molecule has 13 heavy (non-hydrogen) atoms. The summed E-state index contributed by atoms with van der Waals surface area (Å²) in [6.07, 6.45) is 0. The van der Waals surface area contributed by atoms with Gasteiger partial charge in [-0.15, -0.1) is 5.10 Å². The maximum Gasteiger partial charge on any atom is 0.284 e. The molecule has 0 aromatic carbocycles. The lowest BCUT2D eigenvalue weighted by Crippen LogP contribution is -2.03. The number of H-pyrrole nitrogens is 2. The Bertz CT molecular complexity index is 525. The lowest BCUT2D eigenvalue weighted by atomic mass is 10.3. The quantitative estimate of drug-likeness (QED) is 0.668. The maximum absolute atomic E-state index is 10.9. The fourth-order valence-electron chi connectivity index (χ4n) is 0.918. The van der Waals surface area contributed by atoms with Crippen molar-refractivity contribution in [2.24, 2.45) is 0 Å². The van der Waals surface area contributed by atoms with Crippen molar-refractivity contribution in [3.8, 4) is 11.6 Å². The highest BCUT2D eigenvalue weighted by atomic mass is 32.1. The summed E-state index contributed by atoms with van der Waals surface area (Å²) in [5.41, 5.74) is 0.293. The van der Waals surface area contributed by atoms with Crippen molar-refractivity contribution in [3.05, 3.63) is 33.4 Å². The highest BCUT2D eigenvalue weighted by molar-refractivity contribution is 7.71. The van der Waals surface area contributed by atoms with E-state index in [1.165, 1.54) is 6.07 Å². The number of rotatable bonds is 1. The number of hydrogen-bond donors (Lipinski definition) is 2. The van der Waals surface area contributed by atoms with E-state index in [0.29, 0.717) is 5.69 Å². The van der Waals surface area contributed by atoms with E-state index in [0.717, 1.165) is 0 Å². The second-order valence-electron chi connectivity index (χ2n) is 2.35. The molecule has 0 spiro atoms. The Morgan fingerprint density at radius 3 is 2.92 bits per heavy atom. The van der Waals surface area contributed by atoms with Gasteiger partial charge in [-0.1, -0.05) is 6.07 Å². The first-order valence-corrected chi connectivity index (χ1v) is 3.92. The van der Waals surface area contributed by atoms with Crippen LogP contribution in [0.1, 0.15) is 0 Å². The summed E-state index contributed by atoms with van der Waals surface area (Å²) in [5.74, 6) is 0.280. The summed E-state index contributed by atoms with van der Waals surface area (Å²) in [6, 6.07) is 4.70. The van der Waals surface area contributed by atoms with Gasteiger partial charge in [-0.05, 0) is 18.3 Å². The summed E-state index contributed by atoms with van der Waals surface area (Å²) in [6.45, 7) is 0. The Labute approximate surface area is 77.4 Å². The molecular weight excluding hydrogens is 190 g/mol. The molecule has 0 bridgehead atoms. The van der Waals surface area contributed by atoms with Crippen LogP contribution in [0.25, 0.3) is 11.6 Å². The summed E-state index contributed by atoms with van der Waals surface area (Å²) in [7, 11) is 0. The van der Waals surface area contributed by atoms with Gasteiger partial charge in [0, 0.05) is 6.07 Å². The normalized spacial score (nSPS) is 10.2. The first-order chi connectivity index (χ1) is 6.25. The van der Waals surface area contributed by atoms with Gasteiger partial charge in [-0.25, -0.2) is 5.10 Å². The average molecular weight is 195 g/mol. The first kappa shape index (κ1) is 7.93. The fraction of sp³-hybridized carbons (Fsp3) is 0. The van der Waals surface area contributed by atoms with Crippen LogP contribution in [-0.4, -0.2) is 15.2 Å². The summed E-state index contributed by atoms with van der Waals surface area (Å²) in [4.78, 5) is 13.6. The zero-order chi connectivity index (χ0) is 9.26. The molecule has 2 rings (SSSR count). The van der Waals surface area contributed by atoms with Gasteiger partial charge in [0.15, 0.2) is 0 Å². The van der Waals surface area contributed by atoms with Crippen molar-refractivity contribution in [2.45, 2.75) is 0 Å². The van der Waals surface area contributed by atoms with Crippen LogP contribution in [0.5, 0.6) is 0 Å². The third kappa shape index (κ3) is 1.57. The van der Waals surface area contributed by atoms with E-state index >= 15 is 0 Å². The van der Waals surface area contributed by atoms with E-state index in [4.69, 9.17) is 4.42 Å². The van der Waals surface area contributed by atoms with Gasteiger partial charge in [0.1, 0.15) is 5.69 Å². The van der Waals surface area contributed by atoms with Gasteiger partial charge < -0.3 is 9.40 Å². The van der Waals surface area contributed by atoms with Crippen LogP contribution in [0.3, 0.4) is 0 Å². The third-order valence-corrected chi connectivity index (χ3v) is 1.61. The molecular formula is C7H5N3O2S. The molecule has 0 aliphatic carbocycles. The van der Waals surface area contributed by atoms with Crippen LogP contribution in [0.2, 0.25) is 0 Å². The molecule has 6 heteroatoms. The molecule has 0 radical (unpaired) electrons. The number of nitrogens with zero attached hydrogens (tertiary/aromatic N) is 1. The second kappa shape index (κ2) is 2.98. The van der Waals surface area contributed by atoms with E-state index in [1.54, 1.807) is 12.1 Å². The number of hydrogen-bond acceptors (Lipinski definition) is 4. The molecule has 0 saturated carbocycles. The van der Waals surface area contributed by atoms with Crippen LogP contribution in [0.4, 0.5) is 0 Å². The molecule has 2 N–H and O–H groups in total. The van der Waals surface area contributed by atoms with E-state index in [2.05, 4.69) is 27.4 Å². The topological polar surface area (TPSA) is 74.7 Å². The molecule has 0 saturated heterocycles. The maximum atomic E-state index is 10.9. The second-order valence-corrected chi connectivity index (χ2v) is 2.72.